The van der Waals surface area contributed by atoms with Gasteiger partial charge in [-0.25, -0.2) is 5.48 Å². The van der Waals surface area contributed by atoms with Gasteiger partial charge in [0.15, 0.2) is 6.61 Å². The molecule has 5 nitrogen and oxygen atoms in total. The fraction of sp³-hybridized carbons (Fsp3) is 0.111. The summed E-state index contributed by atoms with van der Waals surface area (Å²) in [5.74, 6) is -1.25. The van der Waals surface area contributed by atoms with E-state index < -0.39 is 18.4 Å². The van der Waals surface area contributed by atoms with Crippen LogP contribution in [-0.2, 0) is 9.63 Å². The minimum atomic E-state index is -0.690. The Morgan fingerprint density at radius 2 is 1.81 bits per heavy atom. The van der Waals surface area contributed by atoms with Gasteiger partial charge in [0, 0.05) is 15.6 Å². The second kappa shape index (κ2) is 5.69. The molecule has 0 aliphatic rings. The average molecular weight is 263 g/mol. The largest absolute Gasteiger partial charge is 0.368 e. The van der Waals surface area contributed by atoms with E-state index in [0.717, 1.165) is 0 Å². The molecule has 1 aromatic rings. The molecule has 0 bridgehead atoms. The third kappa shape index (κ3) is 4.06. The van der Waals surface area contributed by atoms with E-state index in [1.54, 1.807) is 0 Å². The number of carbonyl (C=O) groups is 2. The Balaban J connectivity index is 2.62. The van der Waals surface area contributed by atoms with E-state index in [9.17, 15) is 9.59 Å². The number of hydroxylamine groups is 1. The Morgan fingerprint density at radius 1 is 1.25 bits per heavy atom. The first kappa shape index (κ1) is 12.8. The molecule has 2 amide bonds. The molecular weight excluding hydrogens is 255 g/mol. The molecule has 3 N–H and O–H groups in total. The Hall–Kier alpha value is -1.30. The number of halogens is 2. The number of nitrogens with one attached hydrogen (secondary N) is 1. The van der Waals surface area contributed by atoms with Gasteiger partial charge in [0.05, 0.1) is 0 Å². The molecular formula is C9H8Cl2N2O3. The van der Waals surface area contributed by atoms with Gasteiger partial charge in [-0.05, 0) is 18.2 Å². The van der Waals surface area contributed by atoms with E-state index in [2.05, 4.69) is 4.84 Å². The Morgan fingerprint density at radius 3 is 2.31 bits per heavy atom. The van der Waals surface area contributed by atoms with Crippen molar-refractivity contribution in [2.45, 2.75) is 0 Å². The molecule has 0 saturated heterocycles. The van der Waals surface area contributed by atoms with Crippen LogP contribution in [0, 0.1) is 0 Å². The number of hydrogen-bond donors (Lipinski definition) is 2. The topological polar surface area (TPSA) is 81.4 Å². The molecule has 0 aromatic heterocycles. The van der Waals surface area contributed by atoms with Crippen molar-refractivity contribution in [1.29, 1.82) is 0 Å². The van der Waals surface area contributed by atoms with Crippen LogP contribution in [0.4, 0.5) is 0 Å². The predicted octanol–water partition coefficient (Wildman–Crippen LogP) is 1.14. The molecule has 86 valence electrons. The molecule has 0 aliphatic heterocycles. The van der Waals surface area contributed by atoms with Gasteiger partial charge in [-0.15, -0.1) is 0 Å². The number of nitrogens with two attached hydrogens (primary N) is 1. The molecule has 0 atom stereocenters. The molecule has 0 aliphatic carbocycles. The smallest absolute Gasteiger partial charge is 0.274 e. The second-order valence-corrected chi connectivity index (χ2v) is 3.72. The standard InChI is InChI=1S/C9H8Cl2N2O3/c10-6-1-5(2-7(11)3-6)9(15)13-16-4-8(12)14/h1-3H,4H2,(H2,12,14)(H,13,15). The monoisotopic (exact) mass is 262 g/mol. The summed E-state index contributed by atoms with van der Waals surface area (Å²) < 4.78 is 0. The zero-order valence-electron chi connectivity index (χ0n) is 8.00. The fourth-order valence-electron chi connectivity index (χ4n) is 0.917. The summed E-state index contributed by atoms with van der Waals surface area (Å²) >= 11 is 11.4. The minimum Gasteiger partial charge on any atom is -0.368 e. The van der Waals surface area contributed by atoms with Crippen molar-refractivity contribution in [2.24, 2.45) is 5.73 Å². The number of rotatable bonds is 4. The lowest BCUT2D eigenvalue weighted by Gasteiger charge is -2.04. The number of benzene rings is 1. The minimum absolute atomic E-state index is 0.224. The summed E-state index contributed by atoms with van der Waals surface area (Å²) in [5, 5.41) is 0.653. The highest BCUT2D eigenvalue weighted by atomic mass is 35.5. The first-order valence-electron chi connectivity index (χ1n) is 4.15. The van der Waals surface area contributed by atoms with Crippen molar-refractivity contribution >= 4 is 35.0 Å². The van der Waals surface area contributed by atoms with Crippen molar-refractivity contribution in [3.63, 3.8) is 0 Å². The molecule has 0 fully saturated rings. The molecule has 0 radical (unpaired) electrons. The molecule has 1 rings (SSSR count). The molecule has 0 heterocycles. The van der Waals surface area contributed by atoms with Crippen LogP contribution >= 0.6 is 23.2 Å². The van der Waals surface area contributed by atoms with Crippen LogP contribution in [0.1, 0.15) is 10.4 Å². The lowest BCUT2D eigenvalue weighted by atomic mass is 10.2. The van der Waals surface area contributed by atoms with E-state index in [1.807, 2.05) is 5.48 Å². The van der Waals surface area contributed by atoms with Crippen molar-refractivity contribution in [3.05, 3.63) is 33.8 Å². The van der Waals surface area contributed by atoms with Gasteiger partial charge in [-0.2, -0.15) is 0 Å². The van der Waals surface area contributed by atoms with Crippen LogP contribution in [0.15, 0.2) is 18.2 Å². The van der Waals surface area contributed by atoms with Crippen LogP contribution in [-0.4, -0.2) is 18.4 Å². The second-order valence-electron chi connectivity index (χ2n) is 2.84. The third-order valence-electron chi connectivity index (χ3n) is 1.50. The van der Waals surface area contributed by atoms with Crippen molar-refractivity contribution < 1.29 is 14.4 Å². The molecule has 1 aromatic carbocycles. The van der Waals surface area contributed by atoms with Crippen molar-refractivity contribution in [2.75, 3.05) is 6.61 Å². The van der Waals surface area contributed by atoms with E-state index in [4.69, 9.17) is 28.9 Å². The van der Waals surface area contributed by atoms with Crippen LogP contribution in [0.2, 0.25) is 10.0 Å². The molecule has 0 spiro atoms. The normalized spacial score (nSPS) is 9.88. The maximum atomic E-state index is 11.4. The summed E-state index contributed by atoms with van der Waals surface area (Å²) in [4.78, 5) is 26.3. The SMILES string of the molecule is NC(=O)CONC(=O)c1cc(Cl)cc(Cl)c1. The molecule has 0 unspecified atom stereocenters. The molecule has 16 heavy (non-hydrogen) atoms. The third-order valence-corrected chi connectivity index (χ3v) is 1.94. The number of hydrogen-bond acceptors (Lipinski definition) is 3. The van der Waals surface area contributed by atoms with Gasteiger partial charge in [0.1, 0.15) is 0 Å². The van der Waals surface area contributed by atoms with E-state index in [-0.39, 0.29) is 5.56 Å². The van der Waals surface area contributed by atoms with Gasteiger partial charge in [0.25, 0.3) is 5.91 Å². The maximum Gasteiger partial charge on any atom is 0.274 e. The molecule has 0 saturated carbocycles. The first-order chi connectivity index (χ1) is 7.49. The highest BCUT2D eigenvalue weighted by Crippen LogP contribution is 2.18. The van der Waals surface area contributed by atoms with Crippen LogP contribution in [0.3, 0.4) is 0 Å². The lowest BCUT2D eigenvalue weighted by molar-refractivity contribution is -0.124. The van der Waals surface area contributed by atoms with E-state index in [0.29, 0.717) is 10.0 Å². The Bertz CT molecular complexity index is 403. The summed E-state index contributed by atoms with van der Waals surface area (Å²) in [5.41, 5.74) is 7.06. The fourth-order valence-corrected chi connectivity index (χ4v) is 1.44. The number of carbonyl (C=O) groups excluding carboxylic acids is 2. The van der Waals surface area contributed by atoms with Gasteiger partial charge >= 0.3 is 0 Å². The summed E-state index contributed by atoms with van der Waals surface area (Å²) in [6, 6.07) is 4.32. The van der Waals surface area contributed by atoms with Crippen molar-refractivity contribution in [3.8, 4) is 0 Å². The zero-order valence-corrected chi connectivity index (χ0v) is 9.51. The lowest BCUT2D eigenvalue weighted by Crippen LogP contribution is -2.29. The summed E-state index contributed by atoms with van der Waals surface area (Å²) in [6.45, 7) is -0.403. The molecule has 7 heteroatoms. The zero-order chi connectivity index (χ0) is 12.1. The summed E-state index contributed by atoms with van der Waals surface area (Å²) in [7, 11) is 0. The van der Waals surface area contributed by atoms with Crippen LogP contribution in [0.25, 0.3) is 0 Å². The van der Waals surface area contributed by atoms with E-state index in [1.165, 1.54) is 18.2 Å². The van der Waals surface area contributed by atoms with Gasteiger partial charge in [-0.3, -0.25) is 14.4 Å². The van der Waals surface area contributed by atoms with E-state index >= 15 is 0 Å². The van der Waals surface area contributed by atoms with Gasteiger partial charge in [0.2, 0.25) is 5.91 Å². The highest BCUT2D eigenvalue weighted by Gasteiger charge is 2.08. The first-order valence-corrected chi connectivity index (χ1v) is 4.91. The summed E-state index contributed by atoms with van der Waals surface area (Å²) in [6.07, 6.45) is 0. The average Bonchev–Trinajstić information content (AvgIpc) is 2.15. The maximum absolute atomic E-state index is 11.4. The van der Waals surface area contributed by atoms with Crippen LogP contribution < -0.4 is 11.2 Å². The number of primary amides is 1. The number of amides is 2. The van der Waals surface area contributed by atoms with Gasteiger partial charge < -0.3 is 5.73 Å². The Labute approximate surface area is 101 Å². The highest BCUT2D eigenvalue weighted by molar-refractivity contribution is 6.35. The quantitative estimate of drug-likeness (QED) is 0.799. The van der Waals surface area contributed by atoms with Crippen molar-refractivity contribution in [1.82, 2.24) is 5.48 Å². The van der Waals surface area contributed by atoms with Crippen LogP contribution in [0.5, 0.6) is 0 Å². The van der Waals surface area contributed by atoms with Gasteiger partial charge in [-0.1, -0.05) is 23.2 Å². The predicted molar refractivity (Wildman–Crippen MR) is 59.1 cm³/mol. The Kier molecular flexibility index (Phi) is 4.54.